The van der Waals surface area contributed by atoms with Gasteiger partial charge in [0, 0.05) is 64.4 Å². The van der Waals surface area contributed by atoms with Crippen LogP contribution in [0, 0.1) is 0 Å². The van der Waals surface area contributed by atoms with E-state index in [9.17, 15) is 0 Å². The SMILES string of the molecule is C[C@@H]1CNCCNCCNCCNC(Cc2cccc(OCc3ccccc3)c2)CN1. The summed E-state index contributed by atoms with van der Waals surface area (Å²) < 4.78 is 6.03. The highest BCUT2D eigenvalue weighted by Gasteiger charge is 2.12. The van der Waals surface area contributed by atoms with Crippen molar-refractivity contribution in [3.05, 3.63) is 65.7 Å². The van der Waals surface area contributed by atoms with Crippen LogP contribution in [0.2, 0.25) is 0 Å². The van der Waals surface area contributed by atoms with E-state index in [0.29, 0.717) is 18.7 Å². The average Bonchev–Trinajstić information content (AvgIpc) is 2.80. The van der Waals surface area contributed by atoms with Gasteiger partial charge in [-0.15, -0.1) is 0 Å². The Bertz CT molecular complexity index is 727. The lowest BCUT2D eigenvalue weighted by molar-refractivity contribution is 0.305. The Morgan fingerprint density at radius 3 is 2.26 bits per heavy atom. The van der Waals surface area contributed by atoms with Gasteiger partial charge in [0.15, 0.2) is 0 Å². The third-order valence-corrected chi connectivity index (χ3v) is 5.48. The van der Waals surface area contributed by atoms with Crippen molar-refractivity contribution in [2.45, 2.75) is 32.0 Å². The molecule has 0 saturated carbocycles. The van der Waals surface area contributed by atoms with Crippen LogP contribution in [-0.2, 0) is 13.0 Å². The third kappa shape index (κ3) is 9.80. The molecule has 1 aliphatic rings. The van der Waals surface area contributed by atoms with Gasteiger partial charge in [0.25, 0.3) is 0 Å². The maximum absolute atomic E-state index is 6.03. The first-order chi connectivity index (χ1) is 15.3. The fourth-order valence-electron chi connectivity index (χ4n) is 3.71. The summed E-state index contributed by atoms with van der Waals surface area (Å²) in [6, 6.07) is 19.6. The molecule has 2 atom stereocenters. The second-order valence-electron chi connectivity index (χ2n) is 8.29. The molecule has 5 N–H and O–H groups in total. The molecule has 2 aromatic carbocycles. The number of benzene rings is 2. The third-order valence-electron chi connectivity index (χ3n) is 5.48. The molecule has 0 aromatic heterocycles. The molecule has 1 fully saturated rings. The van der Waals surface area contributed by atoms with E-state index in [1.807, 2.05) is 24.3 Å². The standard InChI is InChI=1S/C25H39N5O/c1-21-18-28-13-12-26-10-11-27-14-15-29-24(19-30-21)16-23-8-5-9-25(17-23)31-20-22-6-3-2-4-7-22/h2-9,17,21,24,26-30H,10-16,18-20H2,1H3/t21-,24?/m1/s1. The van der Waals surface area contributed by atoms with E-state index in [1.165, 1.54) is 11.1 Å². The van der Waals surface area contributed by atoms with Crippen LogP contribution in [0.3, 0.4) is 0 Å². The summed E-state index contributed by atoms with van der Waals surface area (Å²) >= 11 is 0. The summed E-state index contributed by atoms with van der Waals surface area (Å²) in [4.78, 5) is 0. The lowest BCUT2D eigenvalue weighted by atomic mass is 10.0. The van der Waals surface area contributed by atoms with Gasteiger partial charge >= 0.3 is 0 Å². The Hall–Kier alpha value is -1.96. The van der Waals surface area contributed by atoms with Gasteiger partial charge < -0.3 is 31.3 Å². The van der Waals surface area contributed by atoms with Crippen LogP contribution in [0.15, 0.2) is 54.6 Å². The van der Waals surface area contributed by atoms with Crippen LogP contribution in [0.4, 0.5) is 0 Å². The van der Waals surface area contributed by atoms with Crippen LogP contribution in [-0.4, -0.2) is 64.4 Å². The zero-order valence-corrected chi connectivity index (χ0v) is 18.8. The molecule has 0 spiro atoms. The predicted octanol–water partition coefficient (Wildman–Crippen LogP) is 1.53. The van der Waals surface area contributed by atoms with Crippen LogP contribution in [0.1, 0.15) is 18.1 Å². The van der Waals surface area contributed by atoms with E-state index in [4.69, 9.17) is 4.74 Å². The normalized spacial score (nSPS) is 22.2. The van der Waals surface area contributed by atoms with E-state index in [-0.39, 0.29) is 0 Å². The smallest absolute Gasteiger partial charge is 0.120 e. The zero-order chi connectivity index (χ0) is 21.6. The van der Waals surface area contributed by atoms with Crippen LogP contribution >= 0.6 is 0 Å². The zero-order valence-electron chi connectivity index (χ0n) is 18.8. The molecule has 0 aliphatic carbocycles. The van der Waals surface area contributed by atoms with Gasteiger partial charge in [-0.3, -0.25) is 0 Å². The number of nitrogens with one attached hydrogen (secondary N) is 5. The molecule has 0 bridgehead atoms. The van der Waals surface area contributed by atoms with Gasteiger partial charge in [0.1, 0.15) is 12.4 Å². The fraction of sp³-hybridized carbons (Fsp3) is 0.520. The molecule has 170 valence electrons. The number of hydrogen-bond acceptors (Lipinski definition) is 6. The summed E-state index contributed by atoms with van der Waals surface area (Å²) in [5.41, 5.74) is 2.48. The second kappa shape index (κ2) is 14.2. The van der Waals surface area contributed by atoms with E-state index in [1.54, 1.807) is 0 Å². The highest BCUT2D eigenvalue weighted by molar-refractivity contribution is 5.29. The molecule has 6 heteroatoms. The van der Waals surface area contributed by atoms with E-state index >= 15 is 0 Å². The van der Waals surface area contributed by atoms with Gasteiger partial charge in [0.05, 0.1) is 0 Å². The van der Waals surface area contributed by atoms with E-state index in [0.717, 1.165) is 64.5 Å². The van der Waals surface area contributed by atoms with Crippen molar-refractivity contribution in [3.8, 4) is 5.75 Å². The summed E-state index contributed by atoms with van der Waals surface area (Å²) in [5, 5.41) is 17.9. The minimum absolute atomic E-state index is 0.372. The Kier molecular flexibility index (Phi) is 10.8. The van der Waals surface area contributed by atoms with Crippen molar-refractivity contribution < 1.29 is 4.74 Å². The topological polar surface area (TPSA) is 69.4 Å². The van der Waals surface area contributed by atoms with Crippen molar-refractivity contribution in [3.63, 3.8) is 0 Å². The Labute approximate surface area is 187 Å². The largest absolute Gasteiger partial charge is 0.489 e. The van der Waals surface area contributed by atoms with Gasteiger partial charge in [-0.2, -0.15) is 0 Å². The Morgan fingerprint density at radius 1 is 0.742 bits per heavy atom. The Morgan fingerprint density at radius 2 is 1.45 bits per heavy atom. The number of rotatable bonds is 5. The quantitative estimate of drug-likeness (QED) is 0.501. The van der Waals surface area contributed by atoms with Crippen molar-refractivity contribution in [2.75, 3.05) is 52.4 Å². The van der Waals surface area contributed by atoms with Gasteiger partial charge in [-0.25, -0.2) is 0 Å². The van der Waals surface area contributed by atoms with Crippen LogP contribution in [0.25, 0.3) is 0 Å². The minimum Gasteiger partial charge on any atom is -0.489 e. The highest BCUT2D eigenvalue weighted by atomic mass is 16.5. The number of hydrogen-bond donors (Lipinski definition) is 5. The molecule has 1 saturated heterocycles. The fourth-order valence-corrected chi connectivity index (χ4v) is 3.71. The molecule has 1 heterocycles. The van der Waals surface area contributed by atoms with Crippen molar-refractivity contribution in [1.29, 1.82) is 0 Å². The monoisotopic (exact) mass is 425 g/mol. The lowest BCUT2D eigenvalue weighted by Crippen LogP contribution is -2.47. The van der Waals surface area contributed by atoms with E-state index < -0.39 is 0 Å². The second-order valence-corrected chi connectivity index (χ2v) is 8.29. The van der Waals surface area contributed by atoms with Gasteiger partial charge in [0.2, 0.25) is 0 Å². The summed E-state index contributed by atoms with van der Waals surface area (Å²) in [7, 11) is 0. The molecule has 31 heavy (non-hydrogen) atoms. The maximum Gasteiger partial charge on any atom is 0.120 e. The molecule has 0 radical (unpaired) electrons. The molecule has 3 rings (SSSR count). The van der Waals surface area contributed by atoms with Crippen molar-refractivity contribution >= 4 is 0 Å². The molecular weight excluding hydrogens is 386 g/mol. The molecule has 6 nitrogen and oxygen atoms in total. The minimum atomic E-state index is 0.372. The average molecular weight is 426 g/mol. The Balaban J connectivity index is 1.54. The van der Waals surface area contributed by atoms with Crippen LogP contribution < -0.4 is 31.3 Å². The molecule has 2 aromatic rings. The van der Waals surface area contributed by atoms with Gasteiger partial charge in [-0.05, 0) is 36.6 Å². The lowest BCUT2D eigenvalue weighted by Gasteiger charge is -2.23. The summed E-state index contributed by atoms with van der Waals surface area (Å²) in [5.74, 6) is 0.929. The predicted molar refractivity (Wildman–Crippen MR) is 129 cm³/mol. The first-order valence-corrected chi connectivity index (χ1v) is 11.6. The van der Waals surface area contributed by atoms with Crippen molar-refractivity contribution in [2.24, 2.45) is 0 Å². The number of ether oxygens (including phenoxy) is 1. The van der Waals surface area contributed by atoms with Crippen molar-refractivity contribution in [1.82, 2.24) is 26.6 Å². The first-order valence-electron chi connectivity index (χ1n) is 11.6. The first kappa shape index (κ1) is 23.7. The molecule has 1 aliphatic heterocycles. The van der Waals surface area contributed by atoms with Crippen LogP contribution in [0.5, 0.6) is 5.75 Å². The summed E-state index contributed by atoms with van der Waals surface area (Å²) in [6.45, 7) is 10.7. The highest BCUT2D eigenvalue weighted by Crippen LogP contribution is 2.16. The van der Waals surface area contributed by atoms with E-state index in [2.05, 4.69) is 63.8 Å². The molecule has 1 unspecified atom stereocenters. The molecule has 0 amide bonds. The van der Waals surface area contributed by atoms with Gasteiger partial charge in [-0.1, -0.05) is 42.5 Å². The summed E-state index contributed by atoms with van der Waals surface area (Å²) in [6.07, 6.45) is 0.969. The maximum atomic E-state index is 6.03. The molecular formula is C25H39N5O.